The van der Waals surface area contributed by atoms with Crippen molar-refractivity contribution in [1.29, 1.82) is 0 Å². The van der Waals surface area contributed by atoms with Crippen LogP contribution in [0.2, 0.25) is 0 Å². The molecular formula is C12H7N3O8. The maximum absolute atomic E-state index is 11.7. The number of rotatable bonds is 4. The zero-order chi connectivity index (χ0) is 17.5. The molecule has 0 amide bonds. The number of fused-ring (bicyclic) bond motifs is 1. The van der Waals surface area contributed by atoms with E-state index in [0.717, 1.165) is 19.1 Å². The Bertz CT molecular complexity index is 905. The standard InChI is InChI=1S/C12H7N3O8/c1-5(16)10-7(13(18)19)3-2-6-11(10)8(14(20)21)4-9(12(6)17)15(22)23/h2-4,17H,1H3. The van der Waals surface area contributed by atoms with Crippen LogP contribution in [0.15, 0.2) is 18.2 Å². The van der Waals surface area contributed by atoms with Crippen molar-refractivity contribution >= 4 is 33.6 Å². The second-order valence-corrected chi connectivity index (χ2v) is 4.47. The number of nitro benzene ring substituents is 3. The molecule has 2 rings (SSSR count). The van der Waals surface area contributed by atoms with E-state index in [1.807, 2.05) is 0 Å². The lowest BCUT2D eigenvalue weighted by molar-refractivity contribution is -0.393. The number of carbonyl (C=O) groups is 1. The average molecular weight is 321 g/mol. The Morgan fingerprint density at radius 2 is 1.48 bits per heavy atom. The van der Waals surface area contributed by atoms with Crippen molar-refractivity contribution in [1.82, 2.24) is 0 Å². The Balaban J connectivity index is 3.16. The Hall–Kier alpha value is -3.63. The molecule has 11 nitrogen and oxygen atoms in total. The van der Waals surface area contributed by atoms with Crippen LogP contribution >= 0.6 is 0 Å². The lowest BCUT2D eigenvalue weighted by Crippen LogP contribution is -2.04. The number of aromatic hydroxyl groups is 1. The van der Waals surface area contributed by atoms with Gasteiger partial charge in [-0.2, -0.15) is 0 Å². The topological polar surface area (TPSA) is 167 Å². The molecule has 2 aromatic rings. The van der Waals surface area contributed by atoms with Crippen molar-refractivity contribution in [3.05, 3.63) is 54.1 Å². The fourth-order valence-corrected chi connectivity index (χ4v) is 2.25. The minimum Gasteiger partial charge on any atom is -0.502 e. The van der Waals surface area contributed by atoms with Gasteiger partial charge in [-0.05, 0) is 13.0 Å². The van der Waals surface area contributed by atoms with E-state index < -0.39 is 54.3 Å². The molecule has 0 unspecified atom stereocenters. The van der Waals surface area contributed by atoms with Crippen molar-refractivity contribution in [2.24, 2.45) is 0 Å². The second kappa shape index (κ2) is 5.29. The predicted molar refractivity (Wildman–Crippen MR) is 75.6 cm³/mol. The van der Waals surface area contributed by atoms with Crippen LogP contribution < -0.4 is 0 Å². The van der Waals surface area contributed by atoms with Crippen LogP contribution in [0.3, 0.4) is 0 Å². The summed E-state index contributed by atoms with van der Waals surface area (Å²) in [5, 5.41) is 42.1. The Kier molecular flexibility index (Phi) is 3.62. The molecule has 11 heteroatoms. The van der Waals surface area contributed by atoms with Gasteiger partial charge in [-0.3, -0.25) is 35.1 Å². The number of phenolic OH excluding ortho intramolecular Hbond substituents is 1. The minimum absolute atomic E-state index is 0.387. The molecule has 118 valence electrons. The number of phenols is 1. The number of benzene rings is 2. The van der Waals surface area contributed by atoms with Crippen LogP contribution in [-0.2, 0) is 0 Å². The molecule has 1 N–H and O–H groups in total. The maximum atomic E-state index is 11.7. The largest absolute Gasteiger partial charge is 0.502 e. The first-order valence-electron chi connectivity index (χ1n) is 5.93. The average Bonchev–Trinajstić information content (AvgIpc) is 2.45. The first-order valence-corrected chi connectivity index (χ1v) is 5.93. The number of carbonyl (C=O) groups excluding carboxylic acids is 1. The first-order chi connectivity index (χ1) is 10.7. The maximum Gasteiger partial charge on any atom is 0.318 e. The molecular weight excluding hydrogens is 314 g/mol. The van der Waals surface area contributed by atoms with Gasteiger partial charge in [0.05, 0.1) is 26.2 Å². The minimum atomic E-state index is -1.03. The summed E-state index contributed by atoms with van der Waals surface area (Å²) in [6, 6.07) is 2.25. The molecule has 0 spiro atoms. The summed E-state index contributed by atoms with van der Waals surface area (Å²) in [5.41, 5.74) is -3.10. The Morgan fingerprint density at radius 3 is 1.91 bits per heavy atom. The summed E-state index contributed by atoms with van der Waals surface area (Å²) in [5.74, 6) is -1.76. The number of hydrogen-bond donors (Lipinski definition) is 1. The summed E-state index contributed by atoms with van der Waals surface area (Å²) in [4.78, 5) is 41.9. The fourth-order valence-electron chi connectivity index (χ4n) is 2.25. The van der Waals surface area contributed by atoms with Crippen LogP contribution in [0.25, 0.3) is 10.8 Å². The Morgan fingerprint density at radius 1 is 0.957 bits per heavy atom. The molecule has 2 aromatic carbocycles. The quantitative estimate of drug-likeness (QED) is 0.509. The third-order valence-corrected chi connectivity index (χ3v) is 3.15. The van der Waals surface area contributed by atoms with Gasteiger partial charge in [0.25, 0.3) is 11.4 Å². The van der Waals surface area contributed by atoms with Gasteiger partial charge in [-0.15, -0.1) is 0 Å². The lowest BCUT2D eigenvalue weighted by atomic mass is 9.97. The number of nitrogens with zero attached hydrogens (tertiary/aromatic N) is 3. The number of nitro groups is 3. The molecule has 0 aliphatic heterocycles. The SMILES string of the molecule is CC(=O)c1c([N+](=O)[O-])ccc2c(O)c([N+](=O)[O-])cc([N+](=O)[O-])c12. The first kappa shape index (κ1) is 15.8. The molecule has 0 radical (unpaired) electrons. The third-order valence-electron chi connectivity index (χ3n) is 3.15. The van der Waals surface area contributed by atoms with E-state index in [0.29, 0.717) is 6.07 Å². The lowest BCUT2D eigenvalue weighted by Gasteiger charge is -2.07. The molecule has 0 bridgehead atoms. The van der Waals surface area contributed by atoms with Gasteiger partial charge in [0.15, 0.2) is 5.78 Å². The normalized spacial score (nSPS) is 10.5. The van der Waals surface area contributed by atoms with E-state index in [-0.39, 0.29) is 5.39 Å². The monoisotopic (exact) mass is 321 g/mol. The molecule has 0 heterocycles. The van der Waals surface area contributed by atoms with Crippen LogP contribution in [0, 0.1) is 30.3 Å². The predicted octanol–water partition coefficient (Wildman–Crippen LogP) is 2.47. The highest BCUT2D eigenvalue weighted by atomic mass is 16.6. The number of non-ortho nitro benzene ring substituents is 1. The van der Waals surface area contributed by atoms with Crippen molar-refractivity contribution < 1.29 is 24.7 Å². The third kappa shape index (κ3) is 2.39. The summed E-state index contributed by atoms with van der Waals surface area (Å²) in [6.07, 6.45) is 0. The highest BCUT2D eigenvalue weighted by molar-refractivity contribution is 6.15. The summed E-state index contributed by atoms with van der Waals surface area (Å²) in [6.45, 7) is 0.962. The fraction of sp³-hybridized carbons (Fsp3) is 0.0833. The molecule has 0 saturated heterocycles. The van der Waals surface area contributed by atoms with Gasteiger partial charge >= 0.3 is 5.69 Å². The van der Waals surface area contributed by atoms with Gasteiger partial charge < -0.3 is 5.11 Å². The Labute approximate surface area is 126 Å². The number of Topliss-reactive ketones (excluding diaryl/α,β-unsaturated/α-hetero) is 1. The van der Waals surface area contributed by atoms with Gasteiger partial charge in [-0.1, -0.05) is 0 Å². The van der Waals surface area contributed by atoms with E-state index >= 15 is 0 Å². The van der Waals surface area contributed by atoms with Crippen molar-refractivity contribution in [3.8, 4) is 5.75 Å². The van der Waals surface area contributed by atoms with E-state index in [9.17, 15) is 40.2 Å². The summed E-state index contributed by atoms with van der Waals surface area (Å²) >= 11 is 0. The van der Waals surface area contributed by atoms with Crippen LogP contribution in [0.5, 0.6) is 5.75 Å². The zero-order valence-electron chi connectivity index (χ0n) is 11.4. The second-order valence-electron chi connectivity index (χ2n) is 4.47. The molecule has 0 saturated carbocycles. The van der Waals surface area contributed by atoms with Gasteiger partial charge in [0, 0.05) is 11.5 Å². The van der Waals surface area contributed by atoms with Crippen molar-refractivity contribution in [2.45, 2.75) is 6.92 Å². The summed E-state index contributed by atoms with van der Waals surface area (Å²) in [7, 11) is 0. The van der Waals surface area contributed by atoms with Crippen molar-refractivity contribution in [3.63, 3.8) is 0 Å². The molecule has 0 fully saturated rings. The van der Waals surface area contributed by atoms with Crippen LogP contribution in [-0.4, -0.2) is 25.7 Å². The van der Waals surface area contributed by atoms with Crippen LogP contribution in [0.1, 0.15) is 17.3 Å². The molecule has 23 heavy (non-hydrogen) atoms. The van der Waals surface area contributed by atoms with Crippen LogP contribution in [0.4, 0.5) is 17.1 Å². The van der Waals surface area contributed by atoms with E-state index in [1.54, 1.807) is 0 Å². The molecule has 0 aliphatic rings. The molecule has 0 aliphatic carbocycles. The summed E-state index contributed by atoms with van der Waals surface area (Å²) < 4.78 is 0. The number of hydrogen-bond acceptors (Lipinski definition) is 8. The highest BCUT2D eigenvalue weighted by Crippen LogP contribution is 2.43. The van der Waals surface area contributed by atoms with Crippen molar-refractivity contribution in [2.75, 3.05) is 0 Å². The van der Waals surface area contributed by atoms with Gasteiger partial charge in [0.2, 0.25) is 5.75 Å². The van der Waals surface area contributed by atoms with E-state index in [1.165, 1.54) is 0 Å². The highest BCUT2D eigenvalue weighted by Gasteiger charge is 2.32. The van der Waals surface area contributed by atoms with Gasteiger partial charge in [0.1, 0.15) is 5.56 Å². The molecule has 0 atom stereocenters. The smallest absolute Gasteiger partial charge is 0.318 e. The van der Waals surface area contributed by atoms with E-state index in [2.05, 4.69) is 0 Å². The zero-order valence-corrected chi connectivity index (χ0v) is 11.4. The van der Waals surface area contributed by atoms with Gasteiger partial charge in [-0.25, -0.2) is 0 Å². The number of ketones is 1. The van der Waals surface area contributed by atoms with E-state index in [4.69, 9.17) is 0 Å². The molecule has 0 aromatic heterocycles.